The van der Waals surface area contributed by atoms with Gasteiger partial charge in [0.2, 0.25) is 6.41 Å². The van der Waals surface area contributed by atoms with Gasteiger partial charge in [-0.3, -0.25) is 19.6 Å². The monoisotopic (exact) mass is 296 g/mol. The highest BCUT2D eigenvalue weighted by Gasteiger charge is 2.21. The number of carbonyl (C=O) groups excluding carboxylic acids is 2. The lowest BCUT2D eigenvalue weighted by Crippen LogP contribution is -2.48. The molecule has 1 aliphatic heterocycles. The summed E-state index contributed by atoms with van der Waals surface area (Å²) < 4.78 is 0. The van der Waals surface area contributed by atoms with Crippen molar-refractivity contribution < 1.29 is 9.59 Å². The number of amides is 2. The van der Waals surface area contributed by atoms with Crippen molar-refractivity contribution in [3.05, 3.63) is 48.3 Å². The molecule has 1 aliphatic rings. The van der Waals surface area contributed by atoms with Crippen LogP contribution < -0.4 is 0 Å². The van der Waals surface area contributed by atoms with Crippen LogP contribution in [-0.2, 0) is 4.79 Å². The average molecular weight is 296 g/mol. The van der Waals surface area contributed by atoms with Gasteiger partial charge < -0.3 is 9.80 Å². The first-order chi connectivity index (χ1) is 10.8. The predicted octanol–water partition coefficient (Wildman–Crippen LogP) is 1.06. The Kier molecular flexibility index (Phi) is 4.09. The van der Waals surface area contributed by atoms with Gasteiger partial charge in [0.15, 0.2) is 0 Å². The SMILES string of the molecule is O=CN1CCN(C(=O)c2ccc(-c3ccccn3)nc2)CC1. The van der Waals surface area contributed by atoms with E-state index >= 15 is 0 Å². The quantitative estimate of drug-likeness (QED) is 0.794. The number of hydrogen-bond acceptors (Lipinski definition) is 4. The van der Waals surface area contributed by atoms with Gasteiger partial charge in [-0.25, -0.2) is 0 Å². The van der Waals surface area contributed by atoms with E-state index in [0.29, 0.717) is 31.7 Å². The number of hydrogen-bond donors (Lipinski definition) is 0. The zero-order valence-electron chi connectivity index (χ0n) is 12.1. The first kappa shape index (κ1) is 14.2. The summed E-state index contributed by atoms with van der Waals surface area (Å²) in [6.07, 6.45) is 4.12. The Morgan fingerprint density at radius 1 is 1.00 bits per heavy atom. The molecule has 0 radical (unpaired) electrons. The molecule has 2 aromatic rings. The Morgan fingerprint density at radius 2 is 1.77 bits per heavy atom. The number of nitrogens with zero attached hydrogens (tertiary/aromatic N) is 4. The van der Waals surface area contributed by atoms with Crippen LogP contribution in [0.5, 0.6) is 0 Å². The van der Waals surface area contributed by atoms with Crippen LogP contribution in [0.3, 0.4) is 0 Å². The van der Waals surface area contributed by atoms with E-state index in [2.05, 4.69) is 9.97 Å². The first-order valence-electron chi connectivity index (χ1n) is 7.14. The molecule has 0 N–H and O–H groups in total. The molecule has 0 aromatic carbocycles. The maximum atomic E-state index is 12.4. The lowest BCUT2D eigenvalue weighted by molar-refractivity contribution is -0.119. The summed E-state index contributed by atoms with van der Waals surface area (Å²) >= 11 is 0. The van der Waals surface area contributed by atoms with Gasteiger partial charge in [0.05, 0.1) is 17.0 Å². The summed E-state index contributed by atoms with van der Waals surface area (Å²) in [6.45, 7) is 2.27. The summed E-state index contributed by atoms with van der Waals surface area (Å²) in [5.41, 5.74) is 2.07. The van der Waals surface area contributed by atoms with Crippen LogP contribution in [0.2, 0.25) is 0 Å². The van der Waals surface area contributed by atoms with Crippen LogP contribution in [0, 0.1) is 0 Å². The highest BCUT2D eigenvalue weighted by molar-refractivity contribution is 5.94. The van der Waals surface area contributed by atoms with E-state index in [1.807, 2.05) is 18.2 Å². The summed E-state index contributed by atoms with van der Waals surface area (Å²) in [7, 11) is 0. The van der Waals surface area contributed by atoms with Crippen LogP contribution in [0.15, 0.2) is 42.7 Å². The van der Waals surface area contributed by atoms with Crippen molar-refractivity contribution in [2.24, 2.45) is 0 Å². The zero-order chi connectivity index (χ0) is 15.4. The molecule has 1 fully saturated rings. The normalized spacial score (nSPS) is 14.7. The summed E-state index contributed by atoms with van der Waals surface area (Å²) in [4.78, 5) is 35.1. The van der Waals surface area contributed by atoms with E-state index in [4.69, 9.17) is 0 Å². The van der Waals surface area contributed by atoms with Gasteiger partial charge in [0, 0.05) is 38.6 Å². The third-order valence-corrected chi connectivity index (χ3v) is 3.69. The molecule has 0 spiro atoms. The van der Waals surface area contributed by atoms with Crippen LogP contribution in [0.4, 0.5) is 0 Å². The van der Waals surface area contributed by atoms with Gasteiger partial charge in [-0.15, -0.1) is 0 Å². The topological polar surface area (TPSA) is 66.4 Å². The lowest BCUT2D eigenvalue weighted by Gasteiger charge is -2.32. The summed E-state index contributed by atoms with van der Waals surface area (Å²) in [5.74, 6) is -0.0504. The van der Waals surface area contributed by atoms with Gasteiger partial charge in [-0.1, -0.05) is 6.07 Å². The third kappa shape index (κ3) is 2.95. The minimum Gasteiger partial charge on any atom is -0.342 e. The number of rotatable bonds is 3. The Morgan fingerprint density at radius 3 is 2.36 bits per heavy atom. The van der Waals surface area contributed by atoms with Gasteiger partial charge >= 0.3 is 0 Å². The summed E-state index contributed by atoms with van der Waals surface area (Å²) in [5, 5.41) is 0. The van der Waals surface area contributed by atoms with Gasteiger partial charge in [-0.2, -0.15) is 0 Å². The van der Waals surface area contributed by atoms with Crippen LogP contribution >= 0.6 is 0 Å². The molecule has 2 amide bonds. The molecular weight excluding hydrogens is 280 g/mol. The van der Waals surface area contributed by atoms with Crippen LogP contribution in [-0.4, -0.2) is 58.3 Å². The standard InChI is InChI=1S/C16H16N4O2/c21-12-19-7-9-20(10-8-19)16(22)13-4-5-15(18-11-13)14-3-1-2-6-17-14/h1-6,11-12H,7-10H2. The molecule has 1 saturated heterocycles. The van der Waals surface area contributed by atoms with Gasteiger partial charge in [0.1, 0.15) is 0 Å². The number of carbonyl (C=O) groups is 2. The fourth-order valence-corrected chi connectivity index (χ4v) is 2.40. The Hall–Kier alpha value is -2.76. The fourth-order valence-electron chi connectivity index (χ4n) is 2.40. The van der Waals surface area contributed by atoms with Gasteiger partial charge in [-0.05, 0) is 24.3 Å². The lowest BCUT2D eigenvalue weighted by atomic mass is 10.2. The van der Waals surface area contributed by atoms with Crippen molar-refractivity contribution in [1.82, 2.24) is 19.8 Å². The van der Waals surface area contributed by atoms with E-state index in [-0.39, 0.29) is 5.91 Å². The number of piperazine rings is 1. The van der Waals surface area contributed by atoms with Crippen LogP contribution in [0.1, 0.15) is 10.4 Å². The van der Waals surface area contributed by atoms with Crippen molar-refractivity contribution in [2.45, 2.75) is 0 Å². The molecule has 6 heteroatoms. The van der Waals surface area contributed by atoms with Crippen LogP contribution in [0.25, 0.3) is 11.4 Å². The molecule has 0 saturated carbocycles. The smallest absolute Gasteiger partial charge is 0.255 e. The molecule has 0 atom stereocenters. The third-order valence-electron chi connectivity index (χ3n) is 3.69. The molecule has 22 heavy (non-hydrogen) atoms. The van der Waals surface area contributed by atoms with Gasteiger partial charge in [0.25, 0.3) is 5.91 Å². The van der Waals surface area contributed by atoms with E-state index in [9.17, 15) is 9.59 Å². The minimum atomic E-state index is -0.0504. The second-order valence-electron chi connectivity index (χ2n) is 5.08. The maximum Gasteiger partial charge on any atom is 0.255 e. The van der Waals surface area contributed by atoms with E-state index in [1.165, 1.54) is 0 Å². The van der Waals surface area contributed by atoms with E-state index < -0.39 is 0 Å². The molecule has 112 valence electrons. The highest BCUT2D eigenvalue weighted by Crippen LogP contribution is 2.15. The average Bonchev–Trinajstić information content (AvgIpc) is 2.62. The van der Waals surface area contributed by atoms with E-state index in [0.717, 1.165) is 17.8 Å². The summed E-state index contributed by atoms with van der Waals surface area (Å²) in [6, 6.07) is 9.20. The molecule has 0 unspecified atom stereocenters. The first-order valence-corrected chi connectivity index (χ1v) is 7.14. The van der Waals surface area contributed by atoms with Crippen molar-refractivity contribution in [2.75, 3.05) is 26.2 Å². The van der Waals surface area contributed by atoms with Crippen molar-refractivity contribution in [1.29, 1.82) is 0 Å². The van der Waals surface area contributed by atoms with Crippen molar-refractivity contribution >= 4 is 12.3 Å². The second kappa shape index (κ2) is 6.34. The molecule has 0 bridgehead atoms. The van der Waals surface area contributed by atoms with Crippen molar-refractivity contribution in [3.8, 4) is 11.4 Å². The minimum absolute atomic E-state index is 0.0504. The fraction of sp³-hybridized carbons (Fsp3) is 0.250. The Bertz CT molecular complexity index is 650. The molecule has 0 aliphatic carbocycles. The molecule has 3 heterocycles. The molecule has 3 rings (SSSR count). The molecule has 2 aromatic heterocycles. The highest BCUT2D eigenvalue weighted by atomic mass is 16.2. The second-order valence-corrected chi connectivity index (χ2v) is 5.08. The molecule has 6 nitrogen and oxygen atoms in total. The number of pyridine rings is 2. The zero-order valence-corrected chi connectivity index (χ0v) is 12.1. The maximum absolute atomic E-state index is 12.4. The number of aromatic nitrogens is 2. The predicted molar refractivity (Wildman–Crippen MR) is 81.0 cm³/mol. The van der Waals surface area contributed by atoms with Crippen molar-refractivity contribution in [3.63, 3.8) is 0 Å². The Balaban J connectivity index is 1.70. The Labute approximate surface area is 128 Å². The largest absolute Gasteiger partial charge is 0.342 e. The van der Waals surface area contributed by atoms with E-state index in [1.54, 1.807) is 34.3 Å². The molecular formula is C16H16N4O2.